The molecule has 0 spiro atoms. The van der Waals surface area contributed by atoms with Crippen LogP contribution in [0.3, 0.4) is 0 Å². The van der Waals surface area contributed by atoms with Gasteiger partial charge in [0, 0.05) is 12.6 Å². The average Bonchev–Trinajstić information content (AvgIpc) is 2.37. The normalized spacial score (nSPS) is 21.4. The van der Waals surface area contributed by atoms with Gasteiger partial charge in [0.05, 0.1) is 22.6 Å². The zero-order valence-corrected chi connectivity index (χ0v) is 11.8. The number of benzene rings is 1. The lowest BCUT2D eigenvalue weighted by atomic mass is 10.1. The average molecular weight is 297 g/mol. The highest BCUT2D eigenvalue weighted by molar-refractivity contribution is 7.91. The Morgan fingerprint density at radius 3 is 2.40 bits per heavy atom. The number of carbonyl (C=O) groups is 2. The number of sulfone groups is 1. The van der Waals surface area contributed by atoms with Crippen molar-refractivity contribution in [1.82, 2.24) is 4.90 Å². The number of nitrogens with zero attached hydrogens (tertiary/aromatic N) is 1. The number of carboxylic acid groups (broad SMARTS) is 1. The summed E-state index contributed by atoms with van der Waals surface area (Å²) in [6.45, 7) is 1.74. The van der Waals surface area contributed by atoms with Gasteiger partial charge in [0.2, 0.25) is 0 Å². The van der Waals surface area contributed by atoms with Gasteiger partial charge in [-0.2, -0.15) is 0 Å². The van der Waals surface area contributed by atoms with Gasteiger partial charge in [-0.25, -0.2) is 13.2 Å². The molecule has 2 rings (SSSR count). The van der Waals surface area contributed by atoms with Crippen LogP contribution in [-0.4, -0.2) is 54.4 Å². The molecule has 1 N–H and O–H groups in total. The molecular weight excluding hydrogens is 282 g/mol. The minimum atomic E-state index is -3.12. The maximum Gasteiger partial charge on any atom is 0.336 e. The van der Waals surface area contributed by atoms with E-state index in [1.165, 1.54) is 17.0 Å². The third-order valence-corrected chi connectivity index (χ3v) is 5.11. The molecule has 1 aliphatic rings. The van der Waals surface area contributed by atoms with Crippen molar-refractivity contribution < 1.29 is 23.1 Å². The van der Waals surface area contributed by atoms with Crippen LogP contribution in [0, 0.1) is 0 Å². The molecule has 20 heavy (non-hydrogen) atoms. The van der Waals surface area contributed by atoms with Crippen LogP contribution >= 0.6 is 0 Å². The molecule has 1 aromatic carbocycles. The van der Waals surface area contributed by atoms with E-state index < -0.39 is 27.8 Å². The van der Waals surface area contributed by atoms with Crippen LogP contribution in [-0.2, 0) is 9.84 Å². The molecular formula is C13H15NO5S. The van der Waals surface area contributed by atoms with E-state index in [2.05, 4.69) is 0 Å². The van der Waals surface area contributed by atoms with Crippen LogP contribution in [0.4, 0.5) is 0 Å². The van der Waals surface area contributed by atoms with Crippen molar-refractivity contribution in [2.45, 2.75) is 13.0 Å². The fraction of sp³-hybridized carbons (Fsp3) is 0.385. The number of amides is 1. The molecule has 7 heteroatoms. The van der Waals surface area contributed by atoms with E-state index in [1.807, 2.05) is 0 Å². The standard InChI is InChI=1S/C13H15NO5S/c1-9-8-20(18,19)7-6-14(9)12(15)10-4-2-3-5-11(10)13(16)17/h2-5,9H,6-8H2,1H3,(H,16,17). The fourth-order valence-corrected chi connectivity index (χ4v) is 3.87. The first-order chi connectivity index (χ1) is 9.32. The monoisotopic (exact) mass is 297 g/mol. The molecule has 1 atom stereocenters. The lowest BCUT2D eigenvalue weighted by molar-refractivity contribution is 0.0660. The molecule has 0 radical (unpaired) electrons. The quantitative estimate of drug-likeness (QED) is 0.865. The maximum absolute atomic E-state index is 12.4. The van der Waals surface area contributed by atoms with Gasteiger partial charge in [0.15, 0.2) is 9.84 Å². The number of rotatable bonds is 2. The van der Waals surface area contributed by atoms with Crippen molar-refractivity contribution in [3.63, 3.8) is 0 Å². The SMILES string of the molecule is CC1CS(=O)(=O)CCN1C(=O)c1ccccc1C(=O)O. The van der Waals surface area contributed by atoms with Gasteiger partial charge in [-0.15, -0.1) is 0 Å². The molecule has 1 fully saturated rings. The van der Waals surface area contributed by atoms with Crippen LogP contribution in [0.25, 0.3) is 0 Å². The minimum Gasteiger partial charge on any atom is -0.478 e. The highest BCUT2D eigenvalue weighted by atomic mass is 32.2. The van der Waals surface area contributed by atoms with Crippen molar-refractivity contribution in [3.05, 3.63) is 35.4 Å². The van der Waals surface area contributed by atoms with Gasteiger partial charge < -0.3 is 10.0 Å². The second-order valence-electron chi connectivity index (χ2n) is 4.81. The Balaban J connectivity index is 2.31. The Morgan fingerprint density at radius 2 is 1.85 bits per heavy atom. The fourth-order valence-electron chi connectivity index (χ4n) is 2.31. The Bertz CT molecular complexity index is 652. The Kier molecular flexibility index (Phi) is 3.80. The van der Waals surface area contributed by atoms with Crippen LogP contribution in [0.5, 0.6) is 0 Å². The molecule has 1 amide bonds. The molecule has 0 aromatic heterocycles. The van der Waals surface area contributed by atoms with Gasteiger partial charge in [-0.05, 0) is 19.1 Å². The van der Waals surface area contributed by atoms with Crippen LogP contribution < -0.4 is 0 Å². The first kappa shape index (κ1) is 14.5. The van der Waals surface area contributed by atoms with Gasteiger partial charge in [0.25, 0.3) is 5.91 Å². The van der Waals surface area contributed by atoms with E-state index in [4.69, 9.17) is 5.11 Å². The molecule has 0 saturated carbocycles. The first-order valence-corrected chi connectivity index (χ1v) is 7.97. The van der Waals surface area contributed by atoms with Crippen molar-refractivity contribution in [1.29, 1.82) is 0 Å². The van der Waals surface area contributed by atoms with Crippen molar-refractivity contribution >= 4 is 21.7 Å². The van der Waals surface area contributed by atoms with Crippen LogP contribution in [0.1, 0.15) is 27.6 Å². The van der Waals surface area contributed by atoms with Crippen LogP contribution in [0.15, 0.2) is 24.3 Å². The van der Waals surface area contributed by atoms with E-state index >= 15 is 0 Å². The summed E-state index contributed by atoms with van der Waals surface area (Å²) in [4.78, 5) is 25.0. The largest absolute Gasteiger partial charge is 0.478 e. The number of carbonyl (C=O) groups excluding carboxylic acids is 1. The van der Waals surface area contributed by atoms with E-state index in [-0.39, 0.29) is 29.2 Å². The summed E-state index contributed by atoms with van der Waals surface area (Å²) in [5.74, 6) is -1.79. The molecule has 6 nitrogen and oxygen atoms in total. The summed E-state index contributed by atoms with van der Waals surface area (Å²) in [6.07, 6.45) is 0. The van der Waals surface area contributed by atoms with Crippen molar-refractivity contribution in [2.75, 3.05) is 18.1 Å². The topological polar surface area (TPSA) is 91.8 Å². The molecule has 1 aromatic rings. The van der Waals surface area contributed by atoms with Gasteiger partial charge in [0.1, 0.15) is 0 Å². The summed E-state index contributed by atoms with van der Waals surface area (Å²) >= 11 is 0. The van der Waals surface area contributed by atoms with Gasteiger partial charge >= 0.3 is 5.97 Å². The number of carboxylic acids is 1. The van der Waals surface area contributed by atoms with Crippen molar-refractivity contribution in [3.8, 4) is 0 Å². The highest BCUT2D eigenvalue weighted by Crippen LogP contribution is 2.18. The third-order valence-electron chi connectivity index (χ3n) is 3.32. The lowest BCUT2D eigenvalue weighted by Crippen LogP contribution is -2.50. The molecule has 1 aliphatic heterocycles. The summed E-state index contributed by atoms with van der Waals surface area (Å²) in [5.41, 5.74) is 0.0179. The number of aromatic carboxylic acids is 1. The maximum atomic E-state index is 12.4. The summed E-state index contributed by atoms with van der Waals surface area (Å²) in [6, 6.07) is 5.49. The summed E-state index contributed by atoms with van der Waals surface area (Å²) in [5, 5.41) is 9.10. The van der Waals surface area contributed by atoms with Crippen molar-refractivity contribution in [2.24, 2.45) is 0 Å². The van der Waals surface area contributed by atoms with E-state index in [9.17, 15) is 18.0 Å². The molecule has 0 aliphatic carbocycles. The Hall–Kier alpha value is -1.89. The third kappa shape index (κ3) is 2.82. The zero-order valence-electron chi connectivity index (χ0n) is 10.9. The number of hydrogen-bond acceptors (Lipinski definition) is 4. The minimum absolute atomic E-state index is 0.0712. The van der Waals surface area contributed by atoms with E-state index in [0.717, 1.165) is 0 Å². The first-order valence-electron chi connectivity index (χ1n) is 6.15. The summed E-state index contributed by atoms with van der Waals surface area (Å²) in [7, 11) is -3.12. The van der Waals surface area contributed by atoms with Gasteiger partial charge in [-0.3, -0.25) is 4.79 Å². The van der Waals surface area contributed by atoms with E-state index in [0.29, 0.717) is 0 Å². The Labute approximate surface area is 116 Å². The van der Waals surface area contributed by atoms with E-state index in [1.54, 1.807) is 19.1 Å². The predicted octanol–water partition coefficient (Wildman–Crippen LogP) is 0.644. The molecule has 1 unspecified atom stereocenters. The summed E-state index contributed by atoms with van der Waals surface area (Å²) < 4.78 is 23.0. The molecule has 1 saturated heterocycles. The highest BCUT2D eigenvalue weighted by Gasteiger charge is 2.32. The van der Waals surface area contributed by atoms with Gasteiger partial charge in [-0.1, -0.05) is 12.1 Å². The second kappa shape index (κ2) is 5.24. The lowest BCUT2D eigenvalue weighted by Gasteiger charge is -2.33. The smallest absolute Gasteiger partial charge is 0.336 e. The zero-order chi connectivity index (χ0) is 14.9. The predicted molar refractivity (Wildman–Crippen MR) is 72.6 cm³/mol. The second-order valence-corrected chi connectivity index (χ2v) is 7.04. The Morgan fingerprint density at radius 1 is 1.25 bits per heavy atom. The van der Waals surface area contributed by atoms with Crippen LogP contribution in [0.2, 0.25) is 0 Å². The number of hydrogen-bond donors (Lipinski definition) is 1. The molecule has 108 valence electrons. The molecule has 1 heterocycles. The molecule has 0 bridgehead atoms.